The molecule has 0 radical (unpaired) electrons. The summed E-state index contributed by atoms with van der Waals surface area (Å²) in [5.41, 5.74) is 2.48. The van der Waals surface area contributed by atoms with Crippen LogP contribution in [0, 0.1) is 56.7 Å². The molecule has 5 aliphatic rings. The van der Waals surface area contributed by atoms with Gasteiger partial charge in [-0.2, -0.15) is 0 Å². The van der Waals surface area contributed by atoms with Crippen molar-refractivity contribution in [2.45, 2.75) is 138 Å². The van der Waals surface area contributed by atoms with Gasteiger partial charge in [-0.3, -0.25) is 14.4 Å². The molecular formula is C44H66N2O6. The zero-order valence-corrected chi connectivity index (χ0v) is 33.0. The van der Waals surface area contributed by atoms with Crippen LogP contribution < -0.4 is 15.4 Å². The Hall–Kier alpha value is -2.87. The molecule has 0 aromatic heterocycles. The smallest absolute Gasteiger partial charge is 0.303 e. The number of allylic oxidation sites excluding steroid dienone is 1. The minimum atomic E-state index is -0.840. The molecule has 0 heterocycles. The van der Waals surface area contributed by atoms with E-state index < -0.39 is 11.4 Å². The number of carboxylic acid groups (broad SMARTS) is 1. The number of unbranched alkanes of at least 4 members (excludes halogenated alkanes) is 1. The quantitative estimate of drug-likeness (QED) is 0.135. The Morgan fingerprint density at radius 2 is 1.63 bits per heavy atom. The number of rotatable bonds is 11. The average molecular weight is 719 g/mol. The summed E-state index contributed by atoms with van der Waals surface area (Å²) < 4.78 is 5.50. The first-order valence-corrected chi connectivity index (χ1v) is 20.2. The SMILES string of the molecule is C=C(C)[C@@H]1CC[C@]2(C(=O)NCc3ccc(OC)c(C(=O)NCCCCC(=O)O)c3)CC[C@]3(C)C(CCC4[C@@]5(C)CC[C@H](O)C(C)(C)C5CC[C@]43C)C12. The van der Waals surface area contributed by atoms with Crippen LogP contribution in [0.1, 0.15) is 141 Å². The zero-order chi connectivity index (χ0) is 37.9. The van der Waals surface area contributed by atoms with E-state index in [1.54, 1.807) is 12.1 Å². The fourth-order valence-electron chi connectivity index (χ4n) is 13.6. The van der Waals surface area contributed by atoms with Gasteiger partial charge in [-0.1, -0.05) is 52.8 Å². The molecule has 1 aromatic rings. The maximum atomic E-state index is 14.7. The summed E-state index contributed by atoms with van der Waals surface area (Å²) in [4.78, 5) is 38.7. The van der Waals surface area contributed by atoms with E-state index in [0.717, 1.165) is 50.5 Å². The molecule has 288 valence electrons. The molecule has 10 atom stereocenters. The van der Waals surface area contributed by atoms with Crippen molar-refractivity contribution >= 4 is 17.8 Å². The topological polar surface area (TPSA) is 125 Å². The lowest BCUT2D eigenvalue weighted by Crippen LogP contribution is -2.67. The molecule has 6 rings (SSSR count). The Morgan fingerprint density at radius 3 is 2.33 bits per heavy atom. The van der Waals surface area contributed by atoms with Crippen LogP contribution >= 0.6 is 0 Å². The van der Waals surface area contributed by atoms with Crippen molar-refractivity contribution in [3.05, 3.63) is 41.5 Å². The molecule has 4 unspecified atom stereocenters. The zero-order valence-electron chi connectivity index (χ0n) is 33.0. The normalized spacial score (nSPS) is 38.8. The molecule has 0 saturated heterocycles. The van der Waals surface area contributed by atoms with Gasteiger partial charge in [-0.25, -0.2) is 0 Å². The van der Waals surface area contributed by atoms with Gasteiger partial charge in [-0.05, 0) is 153 Å². The molecule has 52 heavy (non-hydrogen) atoms. The van der Waals surface area contributed by atoms with Crippen LogP contribution in [0.2, 0.25) is 0 Å². The summed E-state index contributed by atoms with van der Waals surface area (Å²) in [6.07, 6.45) is 11.5. The standard InChI is InChI=1S/C44H66N2O6/c1-27(2)29-16-21-44(39(51)46-26-28-12-14-32(52-8)30(25-28)38(50)45-24-10-9-11-36(48)49)23-22-42(6)31(37(29)44)13-15-34-41(5)19-18-35(47)40(3,4)33(41)17-20-43(34,42)7/h12,14,25,29,31,33-35,37,47H,1,9-11,13,15-24,26H2,2-8H3,(H,45,50)(H,46,51)(H,48,49)/t29-,31?,33?,34?,35-,37?,41-,42+,43+,44-/m0/s1. The van der Waals surface area contributed by atoms with E-state index in [9.17, 15) is 19.5 Å². The third kappa shape index (κ3) is 6.11. The molecular weight excluding hydrogens is 652 g/mol. The highest BCUT2D eigenvalue weighted by Gasteiger charge is 2.71. The van der Waals surface area contributed by atoms with E-state index in [-0.39, 0.29) is 51.9 Å². The Morgan fingerprint density at radius 1 is 0.885 bits per heavy atom. The number of aliphatic hydroxyl groups is 1. The summed E-state index contributed by atoms with van der Waals surface area (Å²) in [5, 5.41) is 26.3. The minimum Gasteiger partial charge on any atom is -0.496 e. The van der Waals surface area contributed by atoms with E-state index >= 15 is 0 Å². The summed E-state index contributed by atoms with van der Waals surface area (Å²) in [6.45, 7) is 19.8. The van der Waals surface area contributed by atoms with Crippen LogP contribution in [-0.4, -0.2) is 47.8 Å². The average Bonchev–Trinajstić information content (AvgIpc) is 3.50. The molecule has 4 N–H and O–H groups in total. The Labute approximate surface area is 312 Å². The molecule has 5 aliphatic carbocycles. The number of benzene rings is 1. The monoisotopic (exact) mass is 718 g/mol. The van der Waals surface area contributed by atoms with E-state index in [0.29, 0.717) is 60.9 Å². The number of hydrogen-bond acceptors (Lipinski definition) is 5. The maximum absolute atomic E-state index is 14.7. The number of hydrogen-bond donors (Lipinski definition) is 4. The summed E-state index contributed by atoms with van der Waals surface area (Å²) >= 11 is 0. The van der Waals surface area contributed by atoms with Crippen molar-refractivity contribution < 1.29 is 29.3 Å². The third-order valence-corrected chi connectivity index (χ3v) is 16.6. The lowest BCUT2D eigenvalue weighted by Gasteiger charge is -2.72. The number of methoxy groups -OCH3 is 1. The van der Waals surface area contributed by atoms with E-state index in [1.807, 2.05) is 6.07 Å². The van der Waals surface area contributed by atoms with Crippen molar-refractivity contribution in [2.75, 3.05) is 13.7 Å². The van der Waals surface area contributed by atoms with Gasteiger partial charge in [0, 0.05) is 19.5 Å². The fourth-order valence-corrected chi connectivity index (χ4v) is 13.6. The number of ether oxygens (including phenoxy) is 1. The first-order chi connectivity index (χ1) is 24.5. The third-order valence-electron chi connectivity index (χ3n) is 16.6. The molecule has 0 bridgehead atoms. The number of fused-ring (bicyclic) bond motifs is 7. The number of carbonyl (C=O) groups excluding carboxylic acids is 2. The molecule has 0 spiro atoms. The highest BCUT2D eigenvalue weighted by Crippen LogP contribution is 2.77. The van der Waals surface area contributed by atoms with Gasteiger partial charge in [0.15, 0.2) is 0 Å². The van der Waals surface area contributed by atoms with Crippen LogP contribution in [0.4, 0.5) is 0 Å². The van der Waals surface area contributed by atoms with Gasteiger partial charge in [0.1, 0.15) is 5.75 Å². The molecule has 5 fully saturated rings. The van der Waals surface area contributed by atoms with Crippen molar-refractivity contribution in [1.82, 2.24) is 10.6 Å². The Kier molecular flexibility index (Phi) is 10.5. The lowest BCUT2D eigenvalue weighted by atomic mass is 9.32. The first kappa shape index (κ1) is 38.8. The number of nitrogens with one attached hydrogen (secondary N) is 2. The van der Waals surface area contributed by atoms with Crippen molar-refractivity contribution in [3.8, 4) is 5.75 Å². The van der Waals surface area contributed by atoms with Gasteiger partial charge < -0.3 is 25.6 Å². The summed E-state index contributed by atoms with van der Waals surface area (Å²) in [5.74, 6) is 1.68. The first-order valence-electron chi connectivity index (χ1n) is 20.2. The predicted octanol–water partition coefficient (Wildman–Crippen LogP) is 8.31. The van der Waals surface area contributed by atoms with Crippen molar-refractivity contribution in [2.24, 2.45) is 56.7 Å². The van der Waals surface area contributed by atoms with Crippen LogP contribution in [0.5, 0.6) is 5.75 Å². The summed E-state index contributed by atoms with van der Waals surface area (Å²) in [7, 11) is 1.54. The predicted molar refractivity (Wildman–Crippen MR) is 204 cm³/mol. The molecule has 2 amide bonds. The maximum Gasteiger partial charge on any atom is 0.303 e. The van der Waals surface area contributed by atoms with Gasteiger partial charge in [0.2, 0.25) is 5.91 Å². The number of carboxylic acids is 1. The van der Waals surface area contributed by atoms with E-state index in [1.165, 1.54) is 31.9 Å². The lowest BCUT2D eigenvalue weighted by molar-refractivity contribution is -0.246. The molecule has 1 aromatic carbocycles. The van der Waals surface area contributed by atoms with Gasteiger partial charge in [0.25, 0.3) is 5.91 Å². The van der Waals surface area contributed by atoms with Crippen molar-refractivity contribution in [3.63, 3.8) is 0 Å². The van der Waals surface area contributed by atoms with E-state index in [4.69, 9.17) is 9.84 Å². The van der Waals surface area contributed by atoms with Gasteiger partial charge in [-0.15, -0.1) is 0 Å². The minimum absolute atomic E-state index is 0.0693. The second-order valence-electron chi connectivity index (χ2n) is 19.0. The number of amides is 2. The largest absolute Gasteiger partial charge is 0.496 e. The molecule has 8 heteroatoms. The molecule has 0 aliphatic heterocycles. The highest BCUT2D eigenvalue weighted by atomic mass is 16.5. The molecule has 8 nitrogen and oxygen atoms in total. The Balaban J connectivity index is 1.21. The fraction of sp³-hybridized carbons (Fsp3) is 0.750. The summed E-state index contributed by atoms with van der Waals surface area (Å²) in [6, 6.07) is 5.49. The van der Waals surface area contributed by atoms with Gasteiger partial charge >= 0.3 is 5.97 Å². The molecule has 5 saturated carbocycles. The van der Waals surface area contributed by atoms with Crippen LogP contribution in [-0.2, 0) is 16.1 Å². The van der Waals surface area contributed by atoms with Crippen LogP contribution in [0.3, 0.4) is 0 Å². The van der Waals surface area contributed by atoms with E-state index in [2.05, 4.69) is 58.8 Å². The number of aliphatic carboxylic acids is 1. The number of aliphatic hydroxyl groups excluding tert-OH is 1. The second-order valence-corrected chi connectivity index (χ2v) is 19.0. The van der Waals surface area contributed by atoms with Crippen molar-refractivity contribution in [1.29, 1.82) is 0 Å². The van der Waals surface area contributed by atoms with Gasteiger partial charge in [0.05, 0.1) is 24.2 Å². The second kappa shape index (κ2) is 14.1. The highest BCUT2D eigenvalue weighted by molar-refractivity contribution is 5.97. The van der Waals surface area contributed by atoms with Crippen LogP contribution in [0.15, 0.2) is 30.4 Å². The Bertz CT molecular complexity index is 1570. The van der Waals surface area contributed by atoms with Crippen LogP contribution in [0.25, 0.3) is 0 Å². The number of carbonyl (C=O) groups is 3.